The number of aliphatic carboxylic acids is 1. The van der Waals surface area contributed by atoms with Gasteiger partial charge in [-0.25, -0.2) is 0 Å². The van der Waals surface area contributed by atoms with Gasteiger partial charge in [-0.3, -0.25) is 9.59 Å². The number of nitrogens with zero attached hydrogens (tertiary/aromatic N) is 1. The van der Waals surface area contributed by atoms with Crippen molar-refractivity contribution in [2.45, 2.75) is 12.8 Å². The molecule has 1 heterocycles. The second-order valence-electron chi connectivity index (χ2n) is 3.22. The maximum absolute atomic E-state index is 11.2. The summed E-state index contributed by atoms with van der Waals surface area (Å²) in [5.41, 5.74) is 5.29. The minimum absolute atomic E-state index is 0.0687. The fourth-order valence-corrected chi connectivity index (χ4v) is 1.44. The van der Waals surface area contributed by atoms with Crippen molar-refractivity contribution in [2.24, 2.45) is 11.7 Å². The van der Waals surface area contributed by atoms with Crippen LogP contribution in [-0.4, -0.2) is 41.5 Å². The summed E-state index contributed by atoms with van der Waals surface area (Å²) in [6.45, 7) is 1.45. The van der Waals surface area contributed by atoms with Gasteiger partial charge in [0.1, 0.15) is 0 Å². The number of likely N-dealkylation sites (tertiary alicyclic amines) is 1. The highest BCUT2D eigenvalue weighted by atomic mass is 16.4. The summed E-state index contributed by atoms with van der Waals surface area (Å²) >= 11 is 0. The topological polar surface area (TPSA) is 83.6 Å². The summed E-state index contributed by atoms with van der Waals surface area (Å²) in [6, 6.07) is 0. The van der Waals surface area contributed by atoms with E-state index >= 15 is 0 Å². The third kappa shape index (κ3) is 2.42. The number of amides is 1. The molecule has 1 aliphatic rings. The maximum Gasteiger partial charge on any atom is 0.308 e. The predicted octanol–water partition coefficient (Wildman–Crippen LogP) is -0.732. The van der Waals surface area contributed by atoms with Crippen LogP contribution in [0.2, 0.25) is 0 Å². The van der Waals surface area contributed by atoms with Crippen LogP contribution in [0.4, 0.5) is 0 Å². The Morgan fingerprint density at radius 1 is 1.69 bits per heavy atom. The second kappa shape index (κ2) is 4.23. The highest BCUT2D eigenvalue weighted by Crippen LogP contribution is 2.17. The molecule has 1 amide bonds. The first-order valence-corrected chi connectivity index (χ1v) is 4.35. The maximum atomic E-state index is 11.2. The van der Waals surface area contributed by atoms with Crippen LogP contribution in [0.3, 0.4) is 0 Å². The first-order valence-electron chi connectivity index (χ1n) is 4.35. The molecule has 1 rings (SSSR count). The lowest BCUT2D eigenvalue weighted by Crippen LogP contribution is -2.28. The Hall–Kier alpha value is -1.10. The molecule has 1 aliphatic heterocycles. The smallest absolute Gasteiger partial charge is 0.308 e. The molecule has 0 aromatic rings. The van der Waals surface area contributed by atoms with Crippen molar-refractivity contribution in [3.63, 3.8) is 0 Å². The van der Waals surface area contributed by atoms with E-state index in [0.717, 1.165) is 6.42 Å². The van der Waals surface area contributed by atoms with Crippen LogP contribution in [0.15, 0.2) is 0 Å². The van der Waals surface area contributed by atoms with Gasteiger partial charge in [-0.15, -0.1) is 0 Å². The zero-order valence-electron chi connectivity index (χ0n) is 7.40. The van der Waals surface area contributed by atoms with Crippen molar-refractivity contribution < 1.29 is 14.7 Å². The third-order valence-electron chi connectivity index (χ3n) is 2.20. The fourth-order valence-electron chi connectivity index (χ4n) is 1.44. The highest BCUT2D eigenvalue weighted by Gasteiger charge is 2.33. The summed E-state index contributed by atoms with van der Waals surface area (Å²) in [4.78, 5) is 23.4. The molecule has 0 saturated carbocycles. The molecule has 0 radical (unpaired) electrons. The van der Waals surface area contributed by atoms with Crippen LogP contribution in [0, 0.1) is 5.92 Å². The molecule has 1 saturated heterocycles. The zero-order chi connectivity index (χ0) is 9.84. The molecule has 5 nitrogen and oxygen atoms in total. The Morgan fingerprint density at radius 3 is 2.85 bits per heavy atom. The van der Waals surface area contributed by atoms with Crippen molar-refractivity contribution in [1.29, 1.82) is 0 Å². The third-order valence-corrected chi connectivity index (χ3v) is 2.20. The molecule has 74 valence electrons. The first-order chi connectivity index (χ1) is 6.15. The molecule has 0 aromatic carbocycles. The van der Waals surface area contributed by atoms with Crippen molar-refractivity contribution in [2.75, 3.05) is 19.6 Å². The number of nitrogens with two attached hydrogens (primary N) is 1. The van der Waals surface area contributed by atoms with Gasteiger partial charge < -0.3 is 15.7 Å². The van der Waals surface area contributed by atoms with Gasteiger partial charge in [-0.05, 0) is 13.0 Å². The highest BCUT2D eigenvalue weighted by molar-refractivity contribution is 5.86. The lowest BCUT2D eigenvalue weighted by molar-refractivity contribution is -0.141. The van der Waals surface area contributed by atoms with Gasteiger partial charge in [-0.2, -0.15) is 0 Å². The molecule has 1 atom stereocenters. The fraction of sp³-hybridized carbons (Fsp3) is 0.750. The molecule has 0 bridgehead atoms. The SMILES string of the molecule is NCCCN1CC(C(=O)O)CC1=O. The van der Waals surface area contributed by atoms with Crippen LogP contribution in [0.25, 0.3) is 0 Å². The molecule has 5 heteroatoms. The predicted molar refractivity (Wildman–Crippen MR) is 46.0 cm³/mol. The molecule has 0 aromatic heterocycles. The van der Waals surface area contributed by atoms with E-state index in [1.54, 1.807) is 4.90 Å². The zero-order valence-corrected chi connectivity index (χ0v) is 7.40. The number of carboxylic acids is 1. The van der Waals surface area contributed by atoms with E-state index in [9.17, 15) is 9.59 Å². The monoisotopic (exact) mass is 186 g/mol. The molecule has 3 N–H and O–H groups in total. The van der Waals surface area contributed by atoms with E-state index in [4.69, 9.17) is 10.8 Å². The second-order valence-corrected chi connectivity index (χ2v) is 3.22. The summed E-state index contributed by atoms with van der Waals surface area (Å²) in [5, 5.41) is 8.67. The first kappa shape index (κ1) is 9.98. The van der Waals surface area contributed by atoms with Gasteiger partial charge in [0.25, 0.3) is 0 Å². The summed E-state index contributed by atoms with van der Waals surface area (Å²) < 4.78 is 0. The number of hydrogen-bond acceptors (Lipinski definition) is 3. The van der Waals surface area contributed by atoms with E-state index in [1.807, 2.05) is 0 Å². The van der Waals surface area contributed by atoms with Crippen molar-refractivity contribution in [3.05, 3.63) is 0 Å². The molecule has 0 spiro atoms. The Morgan fingerprint density at radius 2 is 2.38 bits per heavy atom. The van der Waals surface area contributed by atoms with Crippen LogP contribution in [0.1, 0.15) is 12.8 Å². The van der Waals surface area contributed by atoms with E-state index in [1.165, 1.54) is 0 Å². The number of rotatable bonds is 4. The van der Waals surface area contributed by atoms with Gasteiger partial charge in [0.15, 0.2) is 0 Å². The normalized spacial score (nSPS) is 22.4. The number of carbonyl (C=O) groups is 2. The van der Waals surface area contributed by atoms with Crippen molar-refractivity contribution in [3.8, 4) is 0 Å². The average Bonchev–Trinajstić information content (AvgIpc) is 2.44. The number of hydrogen-bond donors (Lipinski definition) is 2. The van der Waals surface area contributed by atoms with Gasteiger partial charge in [-0.1, -0.05) is 0 Å². The minimum atomic E-state index is -0.886. The van der Waals surface area contributed by atoms with Crippen LogP contribution in [0.5, 0.6) is 0 Å². The lowest BCUT2D eigenvalue weighted by Gasteiger charge is -2.14. The van der Waals surface area contributed by atoms with E-state index < -0.39 is 11.9 Å². The molecule has 1 fully saturated rings. The molecule has 13 heavy (non-hydrogen) atoms. The minimum Gasteiger partial charge on any atom is -0.481 e. The molecular formula is C8H14N2O3. The van der Waals surface area contributed by atoms with Crippen molar-refractivity contribution in [1.82, 2.24) is 4.90 Å². The van der Waals surface area contributed by atoms with Gasteiger partial charge in [0.05, 0.1) is 5.92 Å². The molecule has 1 unspecified atom stereocenters. The molecule has 0 aliphatic carbocycles. The van der Waals surface area contributed by atoms with E-state index in [0.29, 0.717) is 19.6 Å². The standard InChI is InChI=1S/C8H14N2O3/c9-2-1-3-10-5-6(8(12)13)4-7(10)11/h6H,1-5,9H2,(H,12,13). The van der Waals surface area contributed by atoms with E-state index in [-0.39, 0.29) is 12.3 Å². The van der Waals surface area contributed by atoms with Crippen LogP contribution >= 0.6 is 0 Å². The lowest BCUT2D eigenvalue weighted by atomic mass is 10.1. The number of carbonyl (C=O) groups excluding carboxylic acids is 1. The largest absolute Gasteiger partial charge is 0.481 e. The van der Waals surface area contributed by atoms with Gasteiger partial charge >= 0.3 is 5.97 Å². The van der Waals surface area contributed by atoms with Crippen molar-refractivity contribution >= 4 is 11.9 Å². The summed E-state index contributed by atoms with van der Waals surface area (Å²) in [5.74, 6) is -1.48. The Bertz CT molecular complexity index is 217. The molecular weight excluding hydrogens is 172 g/mol. The van der Waals surface area contributed by atoms with Gasteiger partial charge in [0.2, 0.25) is 5.91 Å². The Kier molecular flexibility index (Phi) is 3.25. The number of carboxylic acid groups (broad SMARTS) is 1. The Balaban J connectivity index is 2.42. The van der Waals surface area contributed by atoms with Crippen LogP contribution in [-0.2, 0) is 9.59 Å². The van der Waals surface area contributed by atoms with E-state index in [2.05, 4.69) is 0 Å². The summed E-state index contributed by atoms with van der Waals surface area (Å²) in [6.07, 6.45) is 0.873. The van der Waals surface area contributed by atoms with Crippen LogP contribution < -0.4 is 5.73 Å². The quantitative estimate of drug-likeness (QED) is 0.606. The summed E-state index contributed by atoms with van der Waals surface area (Å²) in [7, 11) is 0. The van der Waals surface area contributed by atoms with Gasteiger partial charge in [0, 0.05) is 19.5 Å². The Labute approximate surface area is 76.5 Å². The average molecular weight is 186 g/mol.